The molecule has 0 saturated heterocycles. The molecule has 3 atom stereocenters. The van der Waals surface area contributed by atoms with Gasteiger partial charge in [0.2, 0.25) is 0 Å². The molecule has 2 aliphatic carbocycles. The molecule has 19 heavy (non-hydrogen) atoms. The average molecular weight is 257 g/mol. The minimum Gasteiger partial charge on any atom is -0.508 e. The van der Waals surface area contributed by atoms with Crippen LogP contribution in [0.25, 0.3) is 5.57 Å². The van der Waals surface area contributed by atoms with E-state index in [0.29, 0.717) is 11.7 Å². The van der Waals surface area contributed by atoms with Crippen molar-refractivity contribution in [2.24, 2.45) is 17.8 Å². The van der Waals surface area contributed by atoms with Crippen molar-refractivity contribution in [2.75, 3.05) is 20.6 Å². The quantitative estimate of drug-likeness (QED) is 0.897. The number of hydrogen-bond acceptors (Lipinski definition) is 2. The van der Waals surface area contributed by atoms with Crippen LogP contribution in [0, 0.1) is 17.8 Å². The highest BCUT2D eigenvalue weighted by Gasteiger charge is 2.37. The first kappa shape index (κ1) is 12.7. The number of fused-ring (bicyclic) bond motifs is 2. The van der Waals surface area contributed by atoms with Gasteiger partial charge in [-0.3, -0.25) is 0 Å². The summed E-state index contributed by atoms with van der Waals surface area (Å²) in [5.41, 5.74) is 2.67. The highest BCUT2D eigenvalue weighted by molar-refractivity contribution is 5.70. The summed E-state index contributed by atoms with van der Waals surface area (Å²) in [5.74, 6) is 2.59. The van der Waals surface area contributed by atoms with E-state index >= 15 is 0 Å². The van der Waals surface area contributed by atoms with Gasteiger partial charge in [-0.2, -0.15) is 0 Å². The lowest BCUT2D eigenvalue weighted by Gasteiger charge is -2.32. The molecule has 1 fully saturated rings. The molecular formula is C17H23NO. The van der Waals surface area contributed by atoms with E-state index in [4.69, 9.17) is 0 Å². The van der Waals surface area contributed by atoms with Gasteiger partial charge in [-0.25, -0.2) is 0 Å². The number of benzene rings is 1. The third-order valence-electron chi connectivity index (χ3n) is 4.64. The van der Waals surface area contributed by atoms with Gasteiger partial charge in [0.25, 0.3) is 0 Å². The second-order valence-electron chi connectivity index (χ2n) is 6.37. The van der Waals surface area contributed by atoms with Gasteiger partial charge in [0.1, 0.15) is 5.75 Å². The molecule has 1 aromatic rings. The molecule has 1 saturated carbocycles. The van der Waals surface area contributed by atoms with Crippen molar-refractivity contribution >= 4 is 5.57 Å². The molecule has 1 N–H and O–H groups in total. The van der Waals surface area contributed by atoms with Crippen molar-refractivity contribution in [3.05, 3.63) is 35.9 Å². The number of hydrogen-bond donors (Lipinski definition) is 1. The molecule has 1 aromatic carbocycles. The molecule has 2 nitrogen and oxygen atoms in total. The fraction of sp³-hybridized carbons (Fsp3) is 0.529. The van der Waals surface area contributed by atoms with E-state index in [1.54, 1.807) is 6.07 Å². The van der Waals surface area contributed by atoms with E-state index in [1.807, 2.05) is 12.1 Å². The molecule has 0 heterocycles. The Balaban J connectivity index is 1.96. The molecule has 0 aliphatic heterocycles. The highest BCUT2D eigenvalue weighted by atomic mass is 16.3. The third-order valence-corrected chi connectivity index (χ3v) is 4.64. The molecule has 0 spiro atoms. The Morgan fingerprint density at radius 2 is 2.11 bits per heavy atom. The van der Waals surface area contributed by atoms with Crippen molar-refractivity contribution in [3.8, 4) is 5.75 Å². The van der Waals surface area contributed by atoms with Crippen LogP contribution in [-0.2, 0) is 0 Å². The van der Waals surface area contributed by atoms with E-state index in [0.717, 1.165) is 18.4 Å². The topological polar surface area (TPSA) is 23.5 Å². The maximum Gasteiger partial charge on any atom is 0.116 e. The first-order valence-corrected chi connectivity index (χ1v) is 7.29. The van der Waals surface area contributed by atoms with Crippen LogP contribution >= 0.6 is 0 Å². The lowest BCUT2D eigenvalue weighted by molar-refractivity contribution is 0.289. The second kappa shape index (κ2) is 5.01. The Morgan fingerprint density at radius 1 is 1.26 bits per heavy atom. The summed E-state index contributed by atoms with van der Waals surface area (Å²) in [6, 6.07) is 7.76. The summed E-state index contributed by atoms with van der Waals surface area (Å²) >= 11 is 0. The van der Waals surface area contributed by atoms with Crippen LogP contribution in [0.1, 0.15) is 24.8 Å². The second-order valence-corrected chi connectivity index (χ2v) is 6.37. The molecule has 2 aliphatic rings. The Morgan fingerprint density at radius 3 is 2.84 bits per heavy atom. The molecule has 2 heteroatoms. The fourth-order valence-corrected chi connectivity index (χ4v) is 3.84. The van der Waals surface area contributed by atoms with Gasteiger partial charge in [0.05, 0.1) is 0 Å². The number of nitrogens with zero attached hydrogens (tertiary/aromatic N) is 1. The van der Waals surface area contributed by atoms with E-state index in [1.165, 1.54) is 30.4 Å². The Bertz CT molecular complexity index is 492. The summed E-state index contributed by atoms with van der Waals surface area (Å²) in [5, 5.41) is 9.72. The minimum atomic E-state index is 0.375. The van der Waals surface area contributed by atoms with Crippen LogP contribution in [0.3, 0.4) is 0 Å². The maximum absolute atomic E-state index is 9.72. The van der Waals surface area contributed by atoms with Crippen molar-refractivity contribution in [1.82, 2.24) is 4.90 Å². The zero-order chi connectivity index (χ0) is 13.4. The van der Waals surface area contributed by atoms with Crippen LogP contribution in [0.15, 0.2) is 30.3 Å². The van der Waals surface area contributed by atoms with Crippen molar-refractivity contribution in [3.63, 3.8) is 0 Å². The predicted molar refractivity (Wildman–Crippen MR) is 79.0 cm³/mol. The van der Waals surface area contributed by atoms with Crippen LogP contribution in [0.5, 0.6) is 5.75 Å². The van der Waals surface area contributed by atoms with Gasteiger partial charge in [-0.15, -0.1) is 0 Å². The fourth-order valence-electron chi connectivity index (χ4n) is 3.84. The summed E-state index contributed by atoms with van der Waals surface area (Å²) in [6.07, 6.45) is 6.55. The smallest absolute Gasteiger partial charge is 0.116 e. The predicted octanol–water partition coefficient (Wildman–Crippen LogP) is 3.38. The summed E-state index contributed by atoms with van der Waals surface area (Å²) in [6.45, 7) is 1.11. The van der Waals surface area contributed by atoms with Crippen molar-refractivity contribution in [1.29, 1.82) is 0 Å². The molecule has 102 valence electrons. The first-order chi connectivity index (χ1) is 9.13. The van der Waals surface area contributed by atoms with E-state index < -0.39 is 0 Å². The van der Waals surface area contributed by atoms with Crippen LogP contribution in [-0.4, -0.2) is 30.6 Å². The lowest BCUT2D eigenvalue weighted by Crippen LogP contribution is -2.29. The standard InChI is InChI=1S/C17H23NO/c1-18(2)11-17-14-7-6-12(8-14)9-16(17)13-4-3-5-15(19)10-13/h3-5,9-10,12,14,17,19H,6-8,11H2,1-2H3/t12-,14+,17-/m0/s1. The number of allylic oxidation sites excluding steroid dienone is 1. The van der Waals surface area contributed by atoms with Gasteiger partial charge in [-0.05, 0) is 74.4 Å². The first-order valence-electron chi connectivity index (χ1n) is 7.29. The third kappa shape index (κ3) is 2.55. The Labute approximate surface area is 115 Å². The zero-order valence-corrected chi connectivity index (χ0v) is 11.8. The monoisotopic (exact) mass is 257 g/mol. The summed E-state index contributed by atoms with van der Waals surface area (Å²) in [7, 11) is 4.31. The van der Waals surface area contributed by atoms with Gasteiger partial charge < -0.3 is 10.0 Å². The number of phenolic OH excluding ortho intramolecular Hbond substituents is 1. The Kier molecular flexibility index (Phi) is 3.36. The molecule has 3 rings (SSSR count). The molecule has 0 aromatic heterocycles. The lowest BCUT2D eigenvalue weighted by atomic mass is 9.76. The highest BCUT2D eigenvalue weighted by Crippen LogP contribution is 2.48. The van der Waals surface area contributed by atoms with Gasteiger partial charge in [0.15, 0.2) is 0 Å². The van der Waals surface area contributed by atoms with Gasteiger partial charge >= 0.3 is 0 Å². The van der Waals surface area contributed by atoms with E-state index in [9.17, 15) is 5.11 Å². The largest absolute Gasteiger partial charge is 0.508 e. The average Bonchev–Trinajstić information content (AvgIpc) is 2.75. The maximum atomic E-state index is 9.72. The van der Waals surface area contributed by atoms with Crippen LogP contribution in [0.4, 0.5) is 0 Å². The molecule has 0 unspecified atom stereocenters. The number of rotatable bonds is 3. The zero-order valence-electron chi connectivity index (χ0n) is 11.8. The normalized spacial score (nSPS) is 29.6. The summed E-state index contributed by atoms with van der Waals surface area (Å²) < 4.78 is 0. The SMILES string of the molecule is CN(C)C[C@@H]1C(c2cccc(O)c2)=C[C@H]2CC[C@@H]1C2. The number of aromatic hydroxyl groups is 1. The van der Waals surface area contributed by atoms with Gasteiger partial charge in [-0.1, -0.05) is 18.2 Å². The van der Waals surface area contributed by atoms with E-state index in [-0.39, 0.29) is 0 Å². The Hall–Kier alpha value is -1.28. The number of phenols is 1. The summed E-state index contributed by atoms with van der Waals surface area (Å²) in [4.78, 5) is 2.29. The van der Waals surface area contributed by atoms with Gasteiger partial charge in [0, 0.05) is 6.54 Å². The van der Waals surface area contributed by atoms with Crippen LogP contribution in [0.2, 0.25) is 0 Å². The molecular weight excluding hydrogens is 234 g/mol. The molecule has 0 radical (unpaired) electrons. The van der Waals surface area contributed by atoms with E-state index in [2.05, 4.69) is 31.1 Å². The molecule has 0 amide bonds. The van der Waals surface area contributed by atoms with Crippen molar-refractivity contribution in [2.45, 2.75) is 19.3 Å². The minimum absolute atomic E-state index is 0.375. The van der Waals surface area contributed by atoms with Crippen molar-refractivity contribution < 1.29 is 5.11 Å². The van der Waals surface area contributed by atoms with Crippen LogP contribution < -0.4 is 0 Å². The molecule has 2 bridgehead atoms.